The van der Waals surface area contributed by atoms with Crippen LogP contribution in [0.2, 0.25) is 5.02 Å². The third kappa shape index (κ3) is 3.43. The van der Waals surface area contributed by atoms with E-state index in [-0.39, 0.29) is 4.90 Å². The Morgan fingerprint density at radius 3 is 2.32 bits per heavy atom. The topological polar surface area (TPSA) is 54.5 Å². The third-order valence-corrected chi connectivity index (χ3v) is 5.41. The molecule has 4 nitrogen and oxygen atoms in total. The molecule has 2 rings (SSSR count). The van der Waals surface area contributed by atoms with Crippen LogP contribution in [-0.4, -0.2) is 20.2 Å². The van der Waals surface area contributed by atoms with Crippen LogP contribution in [0.15, 0.2) is 53.4 Å². The van der Waals surface area contributed by atoms with Crippen molar-refractivity contribution in [1.29, 1.82) is 0 Å². The highest BCUT2D eigenvalue weighted by molar-refractivity contribution is 7.92. The number of hydrogen-bond donors (Lipinski definition) is 0. The van der Waals surface area contributed by atoms with Gasteiger partial charge in [0.2, 0.25) is 5.24 Å². The molecule has 0 atom stereocenters. The van der Waals surface area contributed by atoms with E-state index in [1.807, 2.05) is 0 Å². The van der Waals surface area contributed by atoms with Gasteiger partial charge in [-0.3, -0.25) is 9.10 Å². The average Bonchev–Trinajstić information content (AvgIpc) is 2.48. The van der Waals surface area contributed by atoms with Gasteiger partial charge in [-0.15, -0.1) is 0 Å². The molecule has 0 unspecified atom stereocenters. The zero-order valence-electron chi connectivity index (χ0n) is 11.7. The summed E-state index contributed by atoms with van der Waals surface area (Å²) in [6.45, 7) is 1.21. The number of carbonyl (C=O) groups is 1. The minimum Gasteiger partial charge on any atom is -0.279 e. The molecule has 0 aliphatic heterocycles. The maximum absolute atomic E-state index is 12.8. The van der Waals surface area contributed by atoms with Crippen LogP contribution < -0.4 is 4.31 Å². The number of hydrogen-bond acceptors (Lipinski definition) is 3. The smallest absolute Gasteiger partial charge is 0.264 e. The van der Waals surface area contributed by atoms with Gasteiger partial charge >= 0.3 is 0 Å². The fourth-order valence-corrected chi connectivity index (χ4v) is 3.86. The Morgan fingerprint density at radius 2 is 1.73 bits per heavy atom. The Balaban J connectivity index is 2.61. The SMILES string of the molecule is Cc1c(Cl)cccc1N(CC(=O)Cl)S(=O)(=O)c1ccccc1. The summed E-state index contributed by atoms with van der Waals surface area (Å²) in [7, 11) is -3.92. The van der Waals surface area contributed by atoms with Gasteiger partial charge in [0, 0.05) is 5.02 Å². The van der Waals surface area contributed by atoms with Crippen molar-refractivity contribution in [2.45, 2.75) is 11.8 Å². The van der Waals surface area contributed by atoms with Crippen molar-refractivity contribution < 1.29 is 13.2 Å². The predicted molar refractivity (Wildman–Crippen MR) is 88.0 cm³/mol. The van der Waals surface area contributed by atoms with Gasteiger partial charge < -0.3 is 0 Å². The fourth-order valence-electron chi connectivity index (χ4n) is 2.00. The van der Waals surface area contributed by atoms with Crippen molar-refractivity contribution in [2.75, 3.05) is 10.8 Å². The molecular formula is C15H13Cl2NO3S. The molecule has 0 heterocycles. The minimum atomic E-state index is -3.92. The van der Waals surface area contributed by atoms with E-state index >= 15 is 0 Å². The summed E-state index contributed by atoms with van der Waals surface area (Å²) in [6, 6.07) is 12.7. The molecule has 2 aromatic carbocycles. The Bertz CT molecular complexity index is 792. The van der Waals surface area contributed by atoms with Gasteiger partial charge in [0.25, 0.3) is 10.0 Å². The molecule has 0 spiro atoms. The van der Waals surface area contributed by atoms with Crippen LogP contribution in [0.3, 0.4) is 0 Å². The molecule has 0 radical (unpaired) electrons. The van der Waals surface area contributed by atoms with Gasteiger partial charge in [0.15, 0.2) is 0 Å². The van der Waals surface area contributed by atoms with E-state index in [1.165, 1.54) is 12.1 Å². The Morgan fingerprint density at radius 1 is 1.09 bits per heavy atom. The summed E-state index contributed by atoms with van der Waals surface area (Å²) in [5, 5.41) is -0.369. The molecule has 0 aromatic heterocycles. The lowest BCUT2D eigenvalue weighted by molar-refractivity contribution is -0.110. The molecule has 7 heteroatoms. The van der Waals surface area contributed by atoms with Crippen LogP contribution in [0.25, 0.3) is 0 Å². The predicted octanol–water partition coefficient (Wildman–Crippen LogP) is 3.61. The highest BCUT2D eigenvalue weighted by Gasteiger charge is 2.28. The van der Waals surface area contributed by atoms with Crippen LogP contribution in [0.5, 0.6) is 0 Å². The van der Waals surface area contributed by atoms with Gasteiger partial charge in [-0.2, -0.15) is 0 Å². The molecule has 2 aromatic rings. The minimum absolute atomic E-state index is 0.0762. The second-order valence-corrected chi connectivity index (χ2v) is 7.25. The Hall–Kier alpha value is -1.56. The van der Waals surface area contributed by atoms with Crippen LogP contribution in [-0.2, 0) is 14.8 Å². The first-order valence-electron chi connectivity index (χ1n) is 6.35. The summed E-state index contributed by atoms with van der Waals surface area (Å²) in [6.07, 6.45) is 0. The van der Waals surface area contributed by atoms with Crippen LogP contribution in [0.4, 0.5) is 5.69 Å². The molecule has 0 aliphatic rings. The Labute approximate surface area is 139 Å². The standard InChI is InChI=1S/C15H13Cl2NO3S/c1-11-13(16)8-5-9-14(11)18(10-15(17)19)22(20,21)12-6-3-2-4-7-12/h2-9H,10H2,1H3. The van der Waals surface area contributed by atoms with E-state index in [2.05, 4.69) is 0 Å². The zero-order valence-corrected chi connectivity index (χ0v) is 14.0. The first kappa shape index (κ1) is 16.8. The normalized spacial score (nSPS) is 11.2. The van der Waals surface area contributed by atoms with Crippen molar-refractivity contribution >= 4 is 44.2 Å². The average molecular weight is 358 g/mol. The van der Waals surface area contributed by atoms with Crippen LogP contribution in [0, 0.1) is 6.92 Å². The van der Waals surface area contributed by atoms with Gasteiger partial charge in [0.05, 0.1) is 10.6 Å². The van der Waals surface area contributed by atoms with E-state index < -0.39 is 21.8 Å². The lowest BCUT2D eigenvalue weighted by atomic mass is 10.2. The molecule has 0 saturated carbocycles. The molecule has 0 aliphatic carbocycles. The quantitative estimate of drug-likeness (QED) is 0.768. The molecule has 0 bridgehead atoms. The molecule has 0 fully saturated rings. The van der Waals surface area contributed by atoms with Crippen molar-refractivity contribution in [3.63, 3.8) is 0 Å². The second-order valence-electron chi connectivity index (χ2n) is 4.56. The number of nitrogens with zero attached hydrogens (tertiary/aromatic N) is 1. The van der Waals surface area contributed by atoms with E-state index in [0.29, 0.717) is 16.3 Å². The number of halogens is 2. The van der Waals surface area contributed by atoms with E-state index in [0.717, 1.165) is 4.31 Å². The monoisotopic (exact) mass is 357 g/mol. The maximum Gasteiger partial charge on any atom is 0.264 e. The highest BCUT2D eigenvalue weighted by atomic mass is 35.5. The first-order valence-corrected chi connectivity index (χ1v) is 8.55. The van der Waals surface area contributed by atoms with Crippen molar-refractivity contribution in [1.82, 2.24) is 0 Å². The highest BCUT2D eigenvalue weighted by Crippen LogP contribution is 2.30. The summed E-state index contributed by atoms with van der Waals surface area (Å²) in [5.74, 6) is 0. The maximum atomic E-state index is 12.8. The van der Waals surface area contributed by atoms with Gasteiger partial charge in [-0.1, -0.05) is 35.9 Å². The van der Waals surface area contributed by atoms with E-state index in [4.69, 9.17) is 23.2 Å². The lowest BCUT2D eigenvalue weighted by Gasteiger charge is -2.25. The number of rotatable bonds is 5. The number of anilines is 1. The summed E-state index contributed by atoms with van der Waals surface area (Å²) in [4.78, 5) is 11.4. The molecule has 0 saturated heterocycles. The third-order valence-electron chi connectivity index (χ3n) is 3.11. The summed E-state index contributed by atoms with van der Waals surface area (Å²) >= 11 is 11.5. The Kier molecular flexibility index (Phi) is 5.11. The van der Waals surface area contributed by atoms with Crippen molar-refractivity contribution in [3.05, 3.63) is 59.1 Å². The van der Waals surface area contributed by atoms with Crippen molar-refractivity contribution in [2.24, 2.45) is 0 Å². The number of carbonyl (C=O) groups excluding carboxylic acids is 1. The van der Waals surface area contributed by atoms with E-state index in [9.17, 15) is 13.2 Å². The fraction of sp³-hybridized carbons (Fsp3) is 0.133. The molecule has 0 N–H and O–H groups in total. The van der Waals surface area contributed by atoms with Gasteiger partial charge in [-0.25, -0.2) is 8.42 Å². The van der Waals surface area contributed by atoms with Gasteiger partial charge in [-0.05, 0) is 48.4 Å². The second kappa shape index (κ2) is 6.69. The summed E-state index contributed by atoms with van der Waals surface area (Å²) < 4.78 is 26.6. The number of benzene rings is 2. The largest absolute Gasteiger partial charge is 0.279 e. The van der Waals surface area contributed by atoms with Crippen LogP contribution >= 0.6 is 23.2 Å². The molecule has 22 heavy (non-hydrogen) atoms. The summed E-state index contributed by atoms with van der Waals surface area (Å²) in [5.41, 5.74) is 0.881. The molecule has 116 valence electrons. The van der Waals surface area contributed by atoms with E-state index in [1.54, 1.807) is 43.3 Å². The van der Waals surface area contributed by atoms with Gasteiger partial charge in [0.1, 0.15) is 6.54 Å². The molecule has 0 amide bonds. The molecular weight excluding hydrogens is 345 g/mol. The van der Waals surface area contributed by atoms with Crippen molar-refractivity contribution in [3.8, 4) is 0 Å². The number of sulfonamides is 1. The first-order chi connectivity index (χ1) is 10.3. The van der Waals surface area contributed by atoms with Crippen LogP contribution in [0.1, 0.15) is 5.56 Å². The zero-order chi connectivity index (χ0) is 16.3. The lowest BCUT2D eigenvalue weighted by Crippen LogP contribution is -2.35.